The standard InChI is InChI=1S/C25H32FIO5/c1-5-21(31)32-25(20(30)13-27)14(2)10-18-17-7-6-15-11-16(28)8-9-22(15,3)24(17,26)19(29)12-23(18,25)4/h8-9,11,14,17-19,29H,5-7,10,12-13H2,1-4H3/t14?,17-,18-,19?,22-,23-,24-,25-/m0/s1. The number of fused-ring (bicyclic) bond motifs is 5. The Balaban J connectivity index is 1.85. The summed E-state index contributed by atoms with van der Waals surface area (Å²) in [4.78, 5) is 37.9. The van der Waals surface area contributed by atoms with E-state index >= 15 is 4.39 Å². The minimum absolute atomic E-state index is 0.0268. The van der Waals surface area contributed by atoms with E-state index in [2.05, 4.69) is 0 Å². The van der Waals surface area contributed by atoms with Crippen LogP contribution in [0.2, 0.25) is 0 Å². The summed E-state index contributed by atoms with van der Waals surface area (Å²) in [7, 11) is 0. The van der Waals surface area contributed by atoms with Gasteiger partial charge in [-0.3, -0.25) is 14.4 Å². The van der Waals surface area contributed by atoms with Crippen molar-refractivity contribution in [2.45, 2.75) is 77.2 Å². The van der Waals surface area contributed by atoms with Crippen molar-refractivity contribution in [1.82, 2.24) is 0 Å². The molecule has 0 saturated heterocycles. The molecule has 0 heterocycles. The summed E-state index contributed by atoms with van der Waals surface area (Å²) in [5.74, 6) is -1.78. The number of aliphatic hydroxyl groups is 1. The Hall–Kier alpha value is -1.09. The fourth-order valence-corrected chi connectivity index (χ4v) is 8.32. The van der Waals surface area contributed by atoms with Crippen molar-refractivity contribution >= 4 is 40.1 Å². The van der Waals surface area contributed by atoms with Crippen molar-refractivity contribution in [3.63, 3.8) is 0 Å². The number of aliphatic hydroxyl groups excluding tert-OH is 1. The lowest BCUT2D eigenvalue weighted by Gasteiger charge is -2.62. The maximum atomic E-state index is 17.2. The molecule has 4 aliphatic carbocycles. The Labute approximate surface area is 202 Å². The monoisotopic (exact) mass is 558 g/mol. The summed E-state index contributed by atoms with van der Waals surface area (Å²) < 4.78 is 23.4. The molecule has 0 aromatic carbocycles. The number of allylic oxidation sites excluding steroid dienone is 4. The lowest BCUT2D eigenvalue weighted by atomic mass is 9.44. The van der Waals surface area contributed by atoms with Gasteiger partial charge in [-0.05, 0) is 50.7 Å². The van der Waals surface area contributed by atoms with Crippen molar-refractivity contribution in [2.75, 3.05) is 4.43 Å². The van der Waals surface area contributed by atoms with E-state index in [1.807, 2.05) is 36.4 Å². The molecule has 0 spiro atoms. The highest BCUT2D eigenvalue weighted by molar-refractivity contribution is 14.1. The molecule has 0 radical (unpaired) electrons. The molecule has 2 unspecified atom stereocenters. The highest BCUT2D eigenvalue weighted by Gasteiger charge is 2.77. The molecule has 0 amide bonds. The maximum absolute atomic E-state index is 17.2. The SMILES string of the molecule is CCC(=O)O[C@]1(C(=O)CI)C(C)C[C@H]2[C@@H]3CCC4=CC(=O)C=C[C@]4(C)[C@@]3(F)C(O)C[C@@]21C. The van der Waals surface area contributed by atoms with Gasteiger partial charge in [-0.25, -0.2) is 4.39 Å². The minimum atomic E-state index is -1.96. The number of carbonyl (C=O) groups excluding carboxylic acids is 3. The lowest BCUT2D eigenvalue weighted by molar-refractivity contribution is -0.226. The molecule has 32 heavy (non-hydrogen) atoms. The van der Waals surface area contributed by atoms with Crippen LogP contribution in [0, 0.1) is 28.6 Å². The number of rotatable bonds is 4. The molecular formula is C25H32FIO5. The van der Waals surface area contributed by atoms with Crippen LogP contribution in [-0.2, 0) is 19.1 Å². The van der Waals surface area contributed by atoms with Gasteiger partial charge in [-0.1, -0.05) is 55.0 Å². The van der Waals surface area contributed by atoms with Crippen LogP contribution in [0.25, 0.3) is 0 Å². The second-order valence-electron chi connectivity index (χ2n) is 10.5. The average Bonchev–Trinajstić information content (AvgIpc) is 2.96. The van der Waals surface area contributed by atoms with E-state index in [0.717, 1.165) is 5.57 Å². The number of esters is 1. The summed E-state index contributed by atoms with van der Waals surface area (Å²) >= 11 is 2.00. The first-order valence-corrected chi connectivity index (χ1v) is 13.1. The minimum Gasteiger partial charge on any atom is -0.450 e. The number of carbonyl (C=O) groups is 3. The predicted molar refractivity (Wildman–Crippen MR) is 126 cm³/mol. The van der Waals surface area contributed by atoms with Crippen LogP contribution in [0.1, 0.15) is 59.8 Å². The molecule has 0 bridgehead atoms. The number of ketones is 2. The normalized spacial score (nSPS) is 47.2. The molecule has 0 aromatic rings. The van der Waals surface area contributed by atoms with Crippen LogP contribution >= 0.6 is 22.6 Å². The molecule has 7 heteroatoms. The Bertz CT molecular complexity index is 929. The summed E-state index contributed by atoms with van der Waals surface area (Å²) in [6.07, 6.45) is 4.97. The van der Waals surface area contributed by atoms with E-state index in [9.17, 15) is 19.5 Å². The maximum Gasteiger partial charge on any atom is 0.306 e. The molecule has 3 fully saturated rings. The van der Waals surface area contributed by atoms with Gasteiger partial charge in [0, 0.05) is 29.1 Å². The zero-order valence-corrected chi connectivity index (χ0v) is 21.3. The van der Waals surface area contributed by atoms with Gasteiger partial charge in [0.2, 0.25) is 0 Å². The molecule has 0 aliphatic heterocycles. The van der Waals surface area contributed by atoms with Crippen LogP contribution in [0.3, 0.4) is 0 Å². The van der Waals surface area contributed by atoms with Crippen LogP contribution < -0.4 is 0 Å². The molecule has 176 valence electrons. The first-order valence-electron chi connectivity index (χ1n) is 11.5. The second kappa shape index (κ2) is 7.72. The number of hydrogen-bond acceptors (Lipinski definition) is 5. The molecule has 4 rings (SSSR count). The van der Waals surface area contributed by atoms with Gasteiger partial charge in [0.1, 0.15) is 0 Å². The first-order chi connectivity index (χ1) is 14.9. The summed E-state index contributed by atoms with van der Waals surface area (Å²) in [6, 6.07) is 0. The number of hydrogen-bond donors (Lipinski definition) is 1. The van der Waals surface area contributed by atoms with Gasteiger partial charge >= 0.3 is 5.97 Å². The third kappa shape index (κ3) is 2.79. The van der Waals surface area contributed by atoms with Crippen LogP contribution in [0.15, 0.2) is 23.8 Å². The van der Waals surface area contributed by atoms with E-state index in [1.54, 1.807) is 19.9 Å². The third-order valence-corrected chi connectivity index (χ3v) is 9.97. The number of Topliss-reactive ketones (excluding diaryl/α,β-unsaturated/α-hetero) is 1. The Morgan fingerprint density at radius 1 is 1.31 bits per heavy atom. The Kier molecular flexibility index (Phi) is 5.80. The van der Waals surface area contributed by atoms with Crippen LogP contribution in [0.5, 0.6) is 0 Å². The van der Waals surface area contributed by atoms with Gasteiger partial charge in [-0.15, -0.1) is 0 Å². The highest BCUT2D eigenvalue weighted by Crippen LogP contribution is 2.71. The number of ether oxygens (including phenoxy) is 1. The van der Waals surface area contributed by atoms with Crippen LogP contribution in [0.4, 0.5) is 4.39 Å². The van der Waals surface area contributed by atoms with E-state index in [4.69, 9.17) is 4.74 Å². The Morgan fingerprint density at radius 3 is 2.62 bits per heavy atom. The first kappa shape index (κ1) is 24.0. The van der Waals surface area contributed by atoms with Gasteiger partial charge < -0.3 is 9.84 Å². The van der Waals surface area contributed by atoms with Crippen molar-refractivity contribution in [3.8, 4) is 0 Å². The van der Waals surface area contributed by atoms with Crippen LogP contribution in [-0.4, -0.2) is 44.4 Å². The smallest absolute Gasteiger partial charge is 0.306 e. The van der Waals surface area contributed by atoms with Gasteiger partial charge in [-0.2, -0.15) is 0 Å². The summed E-state index contributed by atoms with van der Waals surface area (Å²) in [5, 5.41) is 11.4. The molecule has 4 aliphatic rings. The Morgan fingerprint density at radius 2 is 2.00 bits per heavy atom. The van der Waals surface area contributed by atoms with Crippen molar-refractivity contribution in [1.29, 1.82) is 0 Å². The zero-order chi connectivity index (χ0) is 23.7. The predicted octanol–water partition coefficient (Wildman–Crippen LogP) is 4.30. The highest BCUT2D eigenvalue weighted by atomic mass is 127. The molecule has 3 saturated carbocycles. The molecule has 1 N–H and O–H groups in total. The molecular weight excluding hydrogens is 526 g/mol. The second-order valence-corrected chi connectivity index (χ2v) is 11.3. The van der Waals surface area contributed by atoms with Crippen molar-refractivity contribution in [3.05, 3.63) is 23.8 Å². The third-order valence-electron chi connectivity index (χ3n) is 9.28. The van der Waals surface area contributed by atoms with E-state index in [1.165, 1.54) is 12.2 Å². The average molecular weight is 558 g/mol. The van der Waals surface area contributed by atoms with E-state index in [-0.39, 0.29) is 40.7 Å². The molecule has 8 atom stereocenters. The zero-order valence-electron chi connectivity index (χ0n) is 19.1. The summed E-state index contributed by atoms with van der Waals surface area (Å²) in [5.41, 5.74) is -4.55. The quantitative estimate of drug-likeness (QED) is 0.316. The summed E-state index contributed by atoms with van der Waals surface area (Å²) in [6.45, 7) is 7.29. The van der Waals surface area contributed by atoms with E-state index < -0.39 is 40.1 Å². The van der Waals surface area contributed by atoms with Crippen molar-refractivity contribution in [2.24, 2.45) is 28.6 Å². The van der Waals surface area contributed by atoms with E-state index in [0.29, 0.717) is 19.3 Å². The largest absolute Gasteiger partial charge is 0.450 e. The lowest BCUT2D eigenvalue weighted by Crippen LogP contribution is -2.70. The molecule has 5 nitrogen and oxygen atoms in total. The van der Waals surface area contributed by atoms with Crippen molar-refractivity contribution < 1.29 is 28.6 Å². The molecule has 0 aromatic heterocycles. The number of alkyl halides is 2. The fraction of sp³-hybridized carbons (Fsp3) is 0.720. The fourth-order valence-electron chi connectivity index (χ4n) is 7.75. The topological polar surface area (TPSA) is 80.7 Å². The number of halogens is 2. The van der Waals surface area contributed by atoms with Gasteiger partial charge in [0.25, 0.3) is 0 Å². The van der Waals surface area contributed by atoms with Gasteiger partial charge in [0.15, 0.2) is 22.8 Å². The van der Waals surface area contributed by atoms with Gasteiger partial charge in [0.05, 0.1) is 10.5 Å².